The zero-order valence-electron chi connectivity index (χ0n) is 10.0. The maximum Gasteiger partial charge on any atom is 0.156 e. The van der Waals surface area contributed by atoms with Gasteiger partial charge in [0.2, 0.25) is 0 Å². The van der Waals surface area contributed by atoms with Crippen LogP contribution in [-0.4, -0.2) is 7.28 Å². The first kappa shape index (κ1) is 13.7. The molecule has 1 rings (SSSR count). The van der Waals surface area contributed by atoms with Gasteiger partial charge in [-0.3, -0.25) is 0 Å². The van der Waals surface area contributed by atoms with E-state index >= 15 is 0 Å². The van der Waals surface area contributed by atoms with Gasteiger partial charge in [0, 0.05) is 4.90 Å². The maximum absolute atomic E-state index is 13.1. The smallest absolute Gasteiger partial charge is 0.156 e. The largest absolute Gasteiger partial charge is 0.207 e. The van der Waals surface area contributed by atoms with E-state index in [1.54, 1.807) is 23.9 Å². The minimum Gasteiger partial charge on any atom is -0.207 e. The van der Waals surface area contributed by atoms with E-state index in [9.17, 15) is 4.39 Å². The van der Waals surface area contributed by atoms with E-state index in [4.69, 9.17) is 6.42 Å². The molecule has 1 aromatic rings. The molecule has 0 saturated carbocycles. The van der Waals surface area contributed by atoms with Gasteiger partial charge < -0.3 is 0 Å². The molecule has 0 nitrogen and oxygen atoms in total. The van der Waals surface area contributed by atoms with Crippen molar-refractivity contribution in [3.63, 3.8) is 0 Å². The van der Waals surface area contributed by atoms with Gasteiger partial charge in [0.05, 0.1) is 0 Å². The molecule has 3 heteroatoms. The topological polar surface area (TPSA) is 0 Å². The van der Waals surface area contributed by atoms with Crippen molar-refractivity contribution in [2.24, 2.45) is 0 Å². The summed E-state index contributed by atoms with van der Waals surface area (Å²) in [5, 5.41) is 0. The van der Waals surface area contributed by atoms with Crippen LogP contribution in [0.3, 0.4) is 0 Å². The summed E-state index contributed by atoms with van der Waals surface area (Å²) in [6.07, 6.45) is 10.5. The first-order valence-electron chi connectivity index (χ1n) is 5.43. The highest BCUT2D eigenvalue weighted by molar-refractivity contribution is 8.03. The predicted molar refractivity (Wildman–Crippen MR) is 76.6 cm³/mol. The molecule has 0 aliphatic carbocycles. The van der Waals surface area contributed by atoms with E-state index in [1.165, 1.54) is 6.07 Å². The van der Waals surface area contributed by atoms with Crippen LogP contribution in [0.25, 0.3) is 0 Å². The third-order valence-corrected chi connectivity index (χ3v) is 3.27. The van der Waals surface area contributed by atoms with Crippen molar-refractivity contribution < 1.29 is 4.39 Å². The lowest BCUT2D eigenvalue weighted by molar-refractivity contribution is 0.628. The fraction of sp³-hybridized carbons (Fsp3) is 0.143. The third kappa shape index (κ3) is 4.54. The molecule has 0 amide bonds. The van der Waals surface area contributed by atoms with E-state index in [0.29, 0.717) is 0 Å². The van der Waals surface area contributed by atoms with Crippen molar-refractivity contribution in [1.29, 1.82) is 0 Å². The average Bonchev–Trinajstić information content (AvgIpc) is 2.32. The molecule has 0 aliphatic rings. The predicted octanol–water partition coefficient (Wildman–Crippen LogP) is 3.12. The van der Waals surface area contributed by atoms with Crippen LogP contribution in [0.4, 0.5) is 4.39 Å². The molecule has 0 N–H and O–H groups in total. The molecule has 0 bridgehead atoms. The molecule has 0 spiro atoms. The number of benzene rings is 1. The van der Waals surface area contributed by atoms with Gasteiger partial charge in [-0.2, -0.15) is 0 Å². The fourth-order valence-corrected chi connectivity index (χ4v) is 2.33. The second-order valence-corrected chi connectivity index (χ2v) is 4.80. The average molecular weight is 244 g/mol. The number of terminal acetylenes is 1. The normalized spacial score (nSPS) is 11.5. The van der Waals surface area contributed by atoms with Crippen molar-refractivity contribution in [2.75, 3.05) is 0 Å². The lowest BCUT2D eigenvalue weighted by Gasteiger charge is -2.07. The van der Waals surface area contributed by atoms with Crippen molar-refractivity contribution in [3.05, 3.63) is 47.1 Å². The minimum atomic E-state index is -0.180. The number of hydrogen-bond acceptors (Lipinski definition) is 1. The molecule has 0 aliphatic heterocycles. The van der Waals surface area contributed by atoms with E-state index in [1.807, 2.05) is 32.0 Å². The van der Waals surface area contributed by atoms with Crippen LogP contribution in [0.1, 0.15) is 6.92 Å². The zero-order valence-corrected chi connectivity index (χ0v) is 10.9. The van der Waals surface area contributed by atoms with Gasteiger partial charge in [-0.05, 0) is 36.1 Å². The number of allylic oxidation sites excluding steroid dienone is 4. The van der Waals surface area contributed by atoms with Gasteiger partial charge in [0.1, 0.15) is 5.82 Å². The summed E-state index contributed by atoms with van der Waals surface area (Å²) in [5.41, 5.74) is 1.03. The summed E-state index contributed by atoms with van der Waals surface area (Å²) in [7, 11) is 0.827. The Labute approximate surface area is 107 Å². The van der Waals surface area contributed by atoms with Crippen LogP contribution in [-0.2, 0) is 0 Å². The summed E-state index contributed by atoms with van der Waals surface area (Å²) in [4.78, 5) is 2.22. The van der Waals surface area contributed by atoms with E-state index in [-0.39, 0.29) is 5.82 Å². The molecule has 0 unspecified atom stereocenters. The summed E-state index contributed by atoms with van der Waals surface area (Å²) in [5.74, 6) is 2.25. The Morgan fingerprint density at radius 3 is 2.94 bits per heavy atom. The molecule has 1 aromatic carbocycles. The summed E-state index contributed by atoms with van der Waals surface area (Å²) in [6.45, 7) is 4.03. The second-order valence-electron chi connectivity index (χ2n) is 3.51. The standard InChI is InChI=1S/C14H14BFS/c1-4-5-6-7-11(2)17-14-9-8-12(16)10-13(14)15-3/h1,5-10,15H,2-3H3/b6-5-,11-7+. The van der Waals surface area contributed by atoms with Crippen molar-refractivity contribution >= 4 is 24.5 Å². The molecular formula is C14H14BFS. The molecule has 0 aromatic heterocycles. The number of rotatable bonds is 4. The molecule has 0 atom stereocenters. The highest BCUT2D eigenvalue weighted by Crippen LogP contribution is 2.24. The fourth-order valence-electron chi connectivity index (χ4n) is 1.37. The molecule has 0 saturated heterocycles. The molecule has 86 valence electrons. The lowest BCUT2D eigenvalue weighted by atomic mass is 9.73. The second kappa shape index (κ2) is 7.03. The Balaban J connectivity index is 2.85. The van der Waals surface area contributed by atoms with Gasteiger partial charge in [-0.15, -0.1) is 6.42 Å². The highest BCUT2D eigenvalue weighted by atomic mass is 32.2. The van der Waals surface area contributed by atoms with Crippen LogP contribution in [0.5, 0.6) is 0 Å². The van der Waals surface area contributed by atoms with Gasteiger partial charge >= 0.3 is 0 Å². The lowest BCUT2D eigenvalue weighted by Crippen LogP contribution is -2.13. The molecule has 0 fully saturated rings. The quantitative estimate of drug-likeness (QED) is 0.339. The Bertz CT molecular complexity index is 483. The Kier molecular flexibility index (Phi) is 5.66. The van der Waals surface area contributed by atoms with Crippen LogP contribution in [0, 0.1) is 18.2 Å². The highest BCUT2D eigenvalue weighted by Gasteiger charge is 2.04. The summed E-state index contributed by atoms with van der Waals surface area (Å²) in [6, 6.07) is 4.90. The monoisotopic (exact) mass is 244 g/mol. The van der Waals surface area contributed by atoms with Crippen molar-refractivity contribution in [3.8, 4) is 12.3 Å². The van der Waals surface area contributed by atoms with Crippen LogP contribution < -0.4 is 5.46 Å². The first-order valence-corrected chi connectivity index (χ1v) is 6.25. The van der Waals surface area contributed by atoms with Gasteiger partial charge in [0.15, 0.2) is 7.28 Å². The third-order valence-electron chi connectivity index (χ3n) is 2.20. The molecule has 0 heterocycles. The van der Waals surface area contributed by atoms with Crippen LogP contribution in [0.15, 0.2) is 46.2 Å². The van der Waals surface area contributed by atoms with E-state index < -0.39 is 0 Å². The van der Waals surface area contributed by atoms with E-state index in [2.05, 4.69) is 5.92 Å². The number of halogens is 1. The maximum atomic E-state index is 13.1. The molecule has 17 heavy (non-hydrogen) atoms. The minimum absolute atomic E-state index is 0.180. The van der Waals surface area contributed by atoms with Crippen LogP contribution in [0.2, 0.25) is 6.82 Å². The Morgan fingerprint density at radius 1 is 1.53 bits per heavy atom. The molecular weight excluding hydrogens is 230 g/mol. The van der Waals surface area contributed by atoms with Crippen molar-refractivity contribution in [1.82, 2.24) is 0 Å². The van der Waals surface area contributed by atoms with Crippen LogP contribution >= 0.6 is 11.8 Å². The van der Waals surface area contributed by atoms with Gasteiger partial charge in [-0.25, -0.2) is 4.39 Å². The van der Waals surface area contributed by atoms with Gasteiger partial charge in [-0.1, -0.05) is 42.1 Å². The van der Waals surface area contributed by atoms with Gasteiger partial charge in [0.25, 0.3) is 0 Å². The SMILES string of the molecule is C#C/C=C\C=C(/C)Sc1ccc(F)cc1BC. The first-order chi connectivity index (χ1) is 8.17. The summed E-state index contributed by atoms with van der Waals surface area (Å²) >= 11 is 1.63. The number of hydrogen-bond donors (Lipinski definition) is 0. The van der Waals surface area contributed by atoms with Crippen molar-refractivity contribution in [2.45, 2.75) is 18.6 Å². The number of thioether (sulfide) groups is 1. The Hall–Kier alpha value is -1.40. The zero-order chi connectivity index (χ0) is 12.7. The Morgan fingerprint density at radius 2 is 2.29 bits per heavy atom. The summed E-state index contributed by atoms with van der Waals surface area (Å²) < 4.78 is 13.1. The molecule has 0 radical (unpaired) electrons. The van der Waals surface area contributed by atoms with E-state index in [0.717, 1.165) is 22.5 Å².